The van der Waals surface area contributed by atoms with E-state index in [0.29, 0.717) is 32.0 Å². The van der Waals surface area contributed by atoms with Gasteiger partial charge in [0.05, 0.1) is 6.54 Å². The summed E-state index contributed by atoms with van der Waals surface area (Å²) in [4.78, 5) is 16.5. The number of carbonyl (C=O) groups is 1. The fraction of sp³-hybridized carbons (Fsp3) is 0.556. The van der Waals surface area contributed by atoms with Crippen molar-refractivity contribution in [1.29, 1.82) is 0 Å². The van der Waals surface area contributed by atoms with E-state index in [1.165, 1.54) is 11.8 Å². The number of likely N-dealkylation sites (tertiary alicyclic amines) is 1. The van der Waals surface area contributed by atoms with Gasteiger partial charge in [0.1, 0.15) is 0 Å². The third-order valence-electron chi connectivity index (χ3n) is 4.22. The average molecular weight is 385 g/mol. The summed E-state index contributed by atoms with van der Waals surface area (Å²) >= 11 is 0. The lowest BCUT2D eigenvalue weighted by molar-refractivity contribution is -0.143. The number of anilines is 1. The Balaban J connectivity index is 1.72. The van der Waals surface area contributed by atoms with Crippen LogP contribution < -0.4 is 16.0 Å². The molecule has 0 aliphatic carbocycles. The van der Waals surface area contributed by atoms with Crippen LogP contribution in [0.1, 0.15) is 18.9 Å². The van der Waals surface area contributed by atoms with Crippen LogP contribution in [-0.4, -0.2) is 62.2 Å². The number of rotatable bonds is 6. The van der Waals surface area contributed by atoms with Gasteiger partial charge in [-0.1, -0.05) is 12.1 Å². The number of aliphatic imine (C=N–C) groups is 1. The normalized spacial score (nSPS) is 18.4. The molecule has 9 heteroatoms. The quantitative estimate of drug-likeness (QED) is 0.518. The summed E-state index contributed by atoms with van der Waals surface area (Å²) in [5, 5.41) is 9.08. The Labute approximate surface area is 157 Å². The van der Waals surface area contributed by atoms with Gasteiger partial charge in [0.15, 0.2) is 5.96 Å². The van der Waals surface area contributed by atoms with Crippen LogP contribution >= 0.6 is 0 Å². The number of carbonyl (C=O) groups excluding carboxylic acids is 1. The first-order valence-electron chi connectivity index (χ1n) is 8.88. The number of benzene rings is 1. The van der Waals surface area contributed by atoms with Gasteiger partial charge in [0.2, 0.25) is 5.91 Å². The molecule has 0 radical (unpaired) electrons. The maximum Gasteiger partial charge on any atom is 0.401 e. The van der Waals surface area contributed by atoms with Gasteiger partial charge in [0, 0.05) is 45.3 Å². The highest BCUT2D eigenvalue weighted by Crippen LogP contribution is 2.19. The Morgan fingerprint density at radius 3 is 2.59 bits per heavy atom. The molecule has 1 aliphatic rings. The minimum Gasteiger partial charge on any atom is -0.356 e. The second-order valence-corrected chi connectivity index (χ2v) is 6.61. The van der Waals surface area contributed by atoms with Crippen molar-refractivity contribution < 1.29 is 18.0 Å². The lowest BCUT2D eigenvalue weighted by atomic mass is 10.1. The van der Waals surface area contributed by atoms with Gasteiger partial charge in [-0.05, 0) is 30.5 Å². The van der Waals surface area contributed by atoms with Crippen LogP contribution in [0.2, 0.25) is 0 Å². The molecule has 0 spiro atoms. The van der Waals surface area contributed by atoms with Crippen LogP contribution in [0, 0.1) is 0 Å². The third kappa shape index (κ3) is 7.86. The molecule has 2 rings (SSSR count). The van der Waals surface area contributed by atoms with E-state index >= 15 is 0 Å². The summed E-state index contributed by atoms with van der Waals surface area (Å²) < 4.78 is 37.4. The highest BCUT2D eigenvalue weighted by atomic mass is 19.4. The zero-order valence-corrected chi connectivity index (χ0v) is 15.6. The minimum atomic E-state index is -4.16. The van der Waals surface area contributed by atoms with Gasteiger partial charge in [-0.2, -0.15) is 13.2 Å². The van der Waals surface area contributed by atoms with Crippen molar-refractivity contribution in [2.45, 2.75) is 32.0 Å². The van der Waals surface area contributed by atoms with Gasteiger partial charge in [-0.3, -0.25) is 14.7 Å². The summed E-state index contributed by atoms with van der Waals surface area (Å²) in [5.74, 6) is 0.476. The molecule has 0 saturated carbocycles. The molecule has 3 N–H and O–H groups in total. The van der Waals surface area contributed by atoms with Gasteiger partial charge in [-0.25, -0.2) is 0 Å². The summed E-state index contributed by atoms with van der Waals surface area (Å²) in [6.07, 6.45) is -2.75. The number of guanidine groups is 1. The molecule has 1 aliphatic heterocycles. The Bertz CT molecular complexity index is 645. The number of halogens is 3. The molecule has 1 atom stereocenters. The van der Waals surface area contributed by atoms with Gasteiger partial charge in [0.25, 0.3) is 0 Å². The lowest BCUT2D eigenvalue weighted by Crippen LogP contribution is -2.45. The zero-order valence-electron chi connectivity index (χ0n) is 15.6. The number of hydrogen-bond donors (Lipinski definition) is 3. The van der Waals surface area contributed by atoms with Crippen LogP contribution in [0.25, 0.3) is 0 Å². The molecule has 6 nitrogen and oxygen atoms in total. The lowest BCUT2D eigenvalue weighted by Gasteiger charge is -2.19. The fourth-order valence-electron chi connectivity index (χ4n) is 3.02. The second kappa shape index (κ2) is 9.59. The molecule has 1 aromatic rings. The fourth-order valence-corrected chi connectivity index (χ4v) is 3.02. The summed E-state index contributed by atoms with van der Waals surface area (Å²) in [5.41, 5.74) is 1.85. The molecular weight excluding hydrogens is 359 g/mol. The Morgan fingerprint density at radius 1 is 1.30 bits per heavy atom. The number of nitrogens with one attached hydrogen (secondary N) is 3. The van der Waals surface area contributed by atoms with Gasteiger partial charge >= 0.3 is 6.18 Å². The maximum absolute atomic E-state index is 12.5. The van der Waals surface area contributed by atoms with E-state index in [-0.39, 0.29) is 11.9 Å². The van der Waals surface area contributed by atoms with Crippen LogP contribution in [0.3, 0.4) is 0 Å². The van der Waals surface area contributed by atoms with Crippen LogP contribution in [0.15, 0.2) is 29.3 Å². The molecule has 1 unspecified atom stereocenters. The van der Waals surface area contributed by atoms with Crippen molar-refractivity contribution in [1.82, 2.24) is 15.5 Å². The smallest absolute Gasteiger partial charge is 0.356 e. The topological polar surface area (TPSA) is 68.8 Å². The number of nitrogens with zero attached hydrogens (tertiary/aromatic N) is 2. The Morgan fingerprint density at radius 2 is 2.00 bits per heavy atom. The zero-order chi connectivity index (χ0) is 19.9. The van der Waals surface area contributed by atoms with Crippen molar-refractivity contribution >= 4 is 17.6 Å². The molecule has 0 aromatic heterocycles. The Kier molecular flexibility index (Phi) is 7.46. The molecule has 0 bridgehead atoms. The van der Waals surface area contributed by atoms with E-state index in [1.807, 2.05) is 24.3 Å². The van der Waals surface area contributed by atoms with E-state index in [4.69, 9.17) is 0 Å². The van der Waals surface area contributed by atoms with E-state index in [0.717, 1.165) is 17.7 Å². The van der Waals surface area contributed by atoms with Crippen LogP contribution in [0.4, 0.5) is 18.9 Å². The van der Waals surface area contributed by atoms with Crippen molar-refractivity contribution in [3.8, 4) is 0 Å². The predicted octanol–water partition coefficient (Wildman–Crippen LogP) is 1.99. The minimum absolute atomic E-state index is 0.0458. The molecule has 1 aromatic carbocycles. The Hall–Kier alpha value is -2.29. The van der Waals surface area contributed by atoms with E-state index < -0.39 is 12.7 Å². The molecule has 1 amide bonds. The second-order valence-electron chi connectivity index (χ2n) is 6.61. The molecular formula is C18H26F3N5O. The van der Waals surface area contributed by atoms with E-state index in [1.54, 1.807) is 7.05 Å². The van der Waals surface area contributed by atoms with Crippen molar-refractivity contribution in [3.05, 3.63) is 29.8 Å². The van der Waals surface area contributed by atoms with Crippen LogP contribution in [-0.2, 0) is 11.2 Å². The molecule has 1 saturated heterocycles. The number of alkyl halides is 3. The summed E-state index contributed by atoms with van der Waals surface area (Å²) in [6.45, 7) is 2.01. The van der Waals surface area contributed by atoms with Crippen LogP contribution in [0.5, 0.6) is 0 Å². The van der Waals surface area contributed by atoms with Crippen molar-refractivity contribution in [3.63, 3.8) is 0 Å². The van der Waals surface area contributed by atoms with Crippen molar-refractivity contribution in [2.24, 2.45) is 4.99 Å². The van der Waals surface area contributed by atoms with Gasteiger partial charge in [-0.15, -0.1) is 0 Å². The first kappa shape index (κ1) is 21.0. The highest BCUT2D eigenvalue weighted by Gasteiger charge is 2.34. The van der Waals surface area contributed by atoms with E-state index in [2.05, 4.69) is 20.9 Å². The van der Waals surface area contributed by atoms with Gasteiger partial charge < -0.3 is 16.0 Å². The standard InChI is InChI=1S/C18H26F3N5O/c1-13(27)24-15-5-3-14(4-6-15)7-9-23-17(22-2)25-16-8-10-26(11-16)12-18(19,20)21/h3-6,16H,7-12H2,1-2H3,(H,24,27)(H2,22,23,25). The SMILES string of the molecule is CN=C(NCCc1ccc(NC(C)=O)cc1)NC1CCN(CC(F)(F)F)C1. The first-order chi connectivity index (χ1) is 12.7. The molecule has 27 heavy (non-hydrogen) atoms. The molecule has 1 heterocycles. The summed E-state index contributed by atoms with van der Waals surface area (Å²) in [7, 11) is 1.64. The highest BCUT2D eigenvalue weighted by molar-refractivity contribution is 5.88. The monoisotopic (exact) mass is 385 g/mol. The third-order valence-corrected chi connectivity index (χ3v) is 4.22. The van der Waals surface area contributed by atoms with Crippen molar-refractivity contribution in [2.75, 3.05) is 38.5 Å². The predicted molar refractivity (Wildman–Crippen MR) is 99.8 cm³/mol. The summed E-state index contributed by atoms with van der Waals surface area (Å²) in [6, 6.07) is 7.52. The average Bonchev–Trinajstić information content (AvgIpc) is 3.00. The molecule has 150 valence electrons. The largest absolute Gasteiger partial charge is 0.401 e. The molecule has 1 fully saturated rings. The van der Waals surface area contributed by atoms with E-state index in [9.17, 15) is 18.0 Å². The first-order valence-corrected chi connectivity index (χ1v) is 8.88. The number of amides is 1. The number of hydrogen-bond acceptors (Lipinski definition) is 3. The maximum atomic E-state index is 12.5.